The number of aliphatic imine (C=N–C) groups is 1. The highest BCUT2D eigenvalue weighted by Crippen LogP contribution is 2.30. The smallest absolute Gasteiger partial charge is 0.183 e. The number of ether oxygens (including phenoxy) is 2. The summed E-state index contributed by atoms with van der Waals surface area (Å²) in [6.07, 6.45) is 0.746. The quantitative estimate of drug-likeness (QED) is 0.597. The summed E-state index contributed by atoms with van der Waals surface area (Å²) < 4.78 is 11.8. The van der Waals surface area contributed by atoms with E-state index >= 15 is 0 Å². The number of benzene rings is 2. The molecule has 1 saturated heterocycles. The van der Waals surface area contributed by atoms with Gasteiger partial charge in [-0.15, -0.1) is 0 Å². The fourth-order valence-electron chi connectivity index (χ4n) is 2.67. The molecule has 1 aliphatic rings. The predicted octanol–water partition coefficient (Wildman–Crippen LogP) is 4.81. The normalized spacial score (nSPS) is 20.7. The summed E-state index contributed by atoms with van der Waals surface area (Å²) in [6.45, 7) is 3.49. The van der Waals surface area contributed by atoms with Crippen LogP contribution in [-0.4, -0.2) is 18.4 Å². The second-order valence-electron chi connectivity index (χ2n) is 5.59. The van der Waals surface area contributed by atoms with E-state index in [9.17, 15) is 0 Å². The molecule has 2 aromatic rings. The molecule has 0 spiro atoms. The maximum Gasteiger partial charge on any atom is 0.183 e. The number of thiocarbonyl (C=S) groups is 1. The Hall–Kier alpha value is -1.84. The third-order valence-electron chi connectivity index (χ3n) is 4.10. The molecule has 0 aromatic heterocycles. The van der Waals surface area contributed by atoms with Crippen LogP contribution in [0.5, 0.6) is 0 Å². The molecule has 0 atom stereocenters. The van der Waals surface area contributed by atoms with Crippen molar-refractivity contribution in [2.75, 3.05) is 13.2 Å². The van der Waals surface area contributed by atoms with Gasteiger partial charge in [0.1, 0.15) is 0 Å². The van der Waals surface area contributed by atoms with E-state index in [-0.39, 0.29) is 12.2 Å². The van der Waals surface area contributed by atoms with E-state index in [0.29, 0.717) is 13.2 Å². The van der Waals surface area contributed by atoms with Gasteiger partial charge in [0.25, 0.3) is 0 Å². The Morgan fingerprint density at radius 1 is 1.00 bits per heavy atom. The van der Waals surface area contributed by atoms with Crippen molar-refractivity contribution < 1.29 is 9.47 Å². The maximum absolute atomic E-state index is 5.90. The standard InChI is InChI=1S/C19H19NO2S/c1-2-14-3-5-15(6-4-14)17-11-21-19(22-12-17)16-7-9-18(10-8-16)20-13-23/h3-10,17,19H,2,11-12H2,1H3. The largest absolute Gasteiger partial charge is 0.348 e. The van der Waals surface area contributed by atoms with Crippen LogP contribution >= 0.6 is 12.2 Å². The van der Waals surface area contributed by atoms with Crippen molar-refractivity contribution in [1.29, 1.82) is 0 Å². The summed E-state index contributed by atoms with van der Waals surface area (Å²) in [5.41, 5.74) is 4.40. The molecule has 4 heteroatoms. The summed E-state index contributed by atoms with van der Waals surface area (Å²) in [7, 11) is 0. The monoisotopic (exact) mass is 325 g/mol. The lowest BCUT2D eigenvalue weighted by Crippen LogP contribution is -2.25. The lowest BCUT2D eigenvalue weighted by molar-refractivity contribution is -0.191. The van der Waals surface area contributed by atoms with Crippen molar-refractivity contribution in [1.82, 2.24) is 0 Å². The van der Waals surface area contributed by atoms with Gasteiger partial charge in [0, 0.05) is 11.5 Å². The van der Waals surface area contributed by atoms with Crippen molar-refractivity contribution in [3.8, 4) is 0 Å². The first-order valence-corrected chi connectivity index (χ1v) is 8.21. The van der Waals surface area contributed by atoms with Gasteiger partial charge >= 0.3 is 0 Å². The van der Waals surface area contributed by atoms with Gasteiger partial charge in [0.15, 0.2) is 6.29 Å². The minimum absolute atomic E-state index is 0.288. The van der Waals surface area contributed by atoms with Gasteiger partial charge < -0.3 is 9.47 Å². The number of hydrogen-bond acceptors (Lipinski definition) is 4. The van der Waals surface area contributed by atoms with Crippen LogP contribution in [0.15, 0.2) is 53.5 Å². The van der Waals surface area contributed by atoms with Crippen LogP contribution in [0.1, 0.15) is 35.8 Å². The van der Waals surface area contributed by atoms with Gasteiger partial charge in [-0.3, -0.25) is 0 Å². The zero-order valence-electron chi connectivity index (χ0n) is 13.1. The average molecular weight is 325 g/mol. The first kappa shape index (κ1) is 16.0. The molecule has 1 fully saturated rings. The zero-order valence-corrected chi connectivity index (χ0v) is 13.9. The molecule has 0 saturated carbocycles. The molecule has 118 valence electrons. The predicted molar refractivity (Wildman–Crippen MR) is 94.3 cm³/mol. The zero-order chi connectivity index (χ0) is 16.1. The van der Waals surface area contributed by atoms with Crippen LogP contribution in [0, 0.1) is 0 Å². The third-order valence-corrected chi connectivity index (χ3v) is 4.19. The number of isothiocyanates is 1. The van der Waals surface area contributed by atoms with Crippen molar-refractivity contribution in [3.63, 3.8) is 0 Å². The molecular weight excluding hydrogens is 306 g/mol. The minimum Gasteiger partial charge on any atom is -0.348 e. The number of rotatable bonds is 4. The van der Waals surface area contributed by atoms with E-state index < -0.39 is 0 Å². The van der Waals surface area contributed by atoms with E-state index in [0.717, 1.165) is 17.7 Å². The van der Waals surface area contributed by atoms with E-state index in [2.05, 4.69) is 53.6 Å². The Kier molecular flexibility index (Phi) is 5.31. The maximum atomic E-state index is 5.90. The van der Waals surface area contributed by atoms with Gasteiger partial charge in [-0.25, -0.2) is 0 Å². The molecule has 0 radical (unpaired) electrons. The Morgan fingerprint density at radius 3 is 2.17 bits per heavy atom. The Labute approximate surface area is 142 Å². The van der Waals surface area contributed by atoms with Gasteiger partial charge in [-0.2, -0.15) is 4.99 Å². The summed E-state index contributed by atoms with van der Waals surface area (Å²) in [5, 5.41) is 2.36. The van der Waals surface area contributed by atoms with E-state index in [1.165, 1.54) is 11.1 Å². The highest BCUT2D eigenvalue weighted by molar-refractivity contribution is 7.78. The molecule has 1 aliphatic heterocycles. The molecule has 0 unspecified atom stereocenters. The molecule has 0 aliphatic carbocycles. The summed E-state index contributed by atoms with van der Waals surface area (Å²) in [6, 6.07) is 16.4. The molecule has 3 rings (SSSR count). The first-order valence-electron chi connectivity index (χ1n) is 7.80. The van der Waals surface area contributed by atoms with Gasteiger partial charge in [0.2, 0.25) is 0 Å². The lowest BCUT2D eigenvalue weighted by Gasteiger charge is -2.30. The average Bonchev–Trinajstić information content (AvgIpc) is 2.63. The molecule has 0 N–H and O–H groups in total. The topological polar surface area (TPSA) is 30.8 Å². The molecule has 3 nitrogen and oxygen atoms in total. The molecule has 23 heavy (non-hydrogen) atoms. The minimum atomic E-state index is -0.313. The van der Waals surface area contributed by atoms with E-state index in [1.54, 1.807) is 0 Å². The summed E-state index contributed by atoms with van der Waals surface area (Å²) >= 11 is 4.60. The SMILES string of the molecule is CCc1ccc(C2COC(c3ccc(N=C=S)cc3)OC2)cc1. The van der Waals surface area contributed by atoms with Crippen molar-refractivity contribution in [3.05, 3.63) is 65.2 Å². The molecular formula is C19H19NO2S. The van der Waals surface area contributed by atoms with Crippen molar-refractivity contribution >= 4 is 23.1 Å². The van der Waals surface area contributed by atoms with Crippen LogP contribution in [0.25, 0.3) is 0 Å². The second kappa shape index (κ2) is 7.62. The fraction of sp³-hybridized carbons (Fsp3) is 0.316. The molecule has 2 aromatic carbocycles. The summed E-state index contributed by atoms with van der Waals surface area (Å²) in [5.74, 6) is 0.288. The van der Waals surface area contributed by atoms with Crippen LogP contribution in [-0.2, 0) is 15.9 Å². The number of hydrogen-bond donors (Lipinski definition) is 0. The Morgan fingerprint density at radius 2 is 1.61 bits per heavy atom. The Bertz CT molecular complexity index is 682. The molecule has 1 heterocycles. The highest BCUT2D eigenvalue weighted by atomic mass is 32.1. The molecule has 0 bridgehead atoms. The number of nitrogens with zero attached hydrogens (tertiary/aromatic N) is 1. The lowest BCUT2D eigenvalue weighted by atomic mass is 9.98. The van der Waals surface area contributed by atoms with E-state index in [1.807, 2.05) is 24.3 Å². The van der Waals surface area contributed by atoms with Crippen LogP contribution < -0.4 is 0 Å². The van der Waals surface area contributed by atoms with E-state index in [4.69, 9.17) is 9.47 Å². The Balaban J connectivity index is 1.62. The van der Waals surface area contributed by atoms with Crippen molar-refractivity contribution in [2.45, 2.75) is 25.6 Å². The van der Waals surface area contributed by atoms with Gasteiger partial charge in [-0.1, -0.05) is 43.3 Å². The first-order chi connectivity index (χ1) is 11.3. The van der Waals surface area contributed by atoms with Gasteiger partial charge in [0.05, 0.1) is 24.1 Å². The second-order valence-corrected chi connectivity index (χ2v) is 5.77. The summed E-state index contributed by atoms with van der Waals surface area (Å²) in [4.78, 5) is 3.94. The third kappa shape index (κ3) is 3.92. The van der Waals surface area contributed by atoms with Crippen LogP contribution in [0.2, 0.25) is 0 Å². The van der Waals surface area contributed by atoms with Crippen molar-refractivity contribution in [2.24, 2.45) is 4.99 Å². The highest BCUT2D eigenvalue weighted by Gasteiger charge is 2.24. The van der Waals surface area contributed by atoms with Crippen LogP contribution in [0.3, 0.4) is 0 Å². The van der Waals surface area contributed by atoms with Gasteiger partial charge in [-0.05, 0) is 41.9 Å². The molecule has 0 amide bonds. The fourth-order valence-corrected chi connectivity index (χ4v) is 2.78. The van der Waals surface area contributed by atoms with Crippen LogP contribution in [0.4, 0.5) is 5.69 Å². The number of aryl methyl sites for hydroxylation is 1.